The zero-order valence-corrected chi connectivity index (χ0v) is 12.1. The minimum atomic E-state index is -6.57. The van der Waals surface area contributed by atoms with Crippen LogP contribution in [0.1, 0.15) is 27.2 Å². The van der Waals surface area contributed by atoms with Crippen LogP contribution in [0.4, 0.5) is 22.0 Å². The average Bonchev–Trinajstić information content (AvgIpc) is 2.25. The number of carbonyl (C=O) groups excluding carboxylic acids is 1. The van der Waals surface area contributed by atoms with Crippen molar-refractivity contribution >= 4 is 16.1 Å². The SMILES string of the molecule is CCC(C)(C)C(=O)OCC(C(F)(F)F)C(F)(F)S(=O)(=O)[O-]. The summed E-state index contributed by atoms with van der Waals surface area (Å²) in [6.07, 6.45) is -5.59. The van der Waals surface area contributed by atoms with E-state index in [4.69, 9.17) is 0 Å². The molecule has 0 fully saturated rings. The molecular formula is C10H14F5O5S-. The first-order valence-corrected chi connectivity index (χ1v) is 7.05. The van der Waals surface area contributed by atoms with Crippen molar-refractivity contribution in [2.75, 3.05) is 6.61 Å². The number of hydrogen-bond donors (Lipinski definition) is 0. The molecule has 1 atom stereocenters. The van der Waals surface area contributed by atoms with Gasteiger partial charge in [0.25, 0.3) is 0 Å². The van der Waals surface area contributed by atoms with Crippen molar-refractivity contribution in [1.82, 2.24) is 0 Å². The molecule has 21 heavy (non-hydrogen) atoms. The van der Waals surface area contributed by atoms with Crippen LogP contribution in [0.15, 0.2) is 0 Å². The molecular weight excluding hydrogens is 327 g/mol. The molecule has 0 heterocycles. The fourth-order valence-corrected chi connectivity index (χ4v) is 1.61. The summed E-state index contributed by atoms with van der Waals surface area (Å²) < 4.78 is 98.7. The van der Waals surface area contributed by atoms with Crippen LogP contribution < -0.4 is 0 Å². The Morgan fingerprint density at radius 1 is 1.19 bits per heavy atom. The van der Waals surface area contributed by atoms with Gasteiger partial charge in [-0.2, -0.15) is 22.0 Å². The largest absolute Gasteiger partial charge is 0.743 e. The first-order valence-electron chi connectivity index (χ1n) is 5.64. The van der Waals surface area contributed by atoms with Crippen molar-refractivity contribution in [2.24, 2.45) is 11.3 Å². The predicted octanol–water partition coefficient (Wildman–Crippen LogP) is 2.28. The Bertz CT molecular complexity index is 483. The molecule has 0 radical (unpaired) electrons. The third kappa shape index (κ3) is 4.77. The quantitative estimate of drug-likeness (QED) is 0.420. The van der Waals surface area contributed by atoms with Crippen molar-refractivity contribution in [3.05, 3.63) is 0 Å². The van der Waals surface area contributed by atoms with Gasteiger partial charge in [0.1, 0.15) is 6.61 Å². The third-order valence-corrected chi connectivity index (χ3v) is 3.90. The van der Waals surface area contributed by atoms with Crippen molar-refractivity contribution in [3.63, 3.8) is 0 Å². The molecule has 126 valence electrons. The smallest absolute Gasteiger partial charge is 0.401 e. The van der Waals surface area contributed by atoms with Crippen molar-refractivity contribution in [1.29, 1.82) is 0 Å². The summed E-state index contributed by atoms with van der Waals surface area (Å²) in [6.45, 7) is 2.17. The summed E-state index contributed by atoms with van der Waals surface area (Å²) in [7, 11) is -6.57. The molecule has 0 saturated heterocycles. The van der Waals surface area contributed by atoms with E-state index in [1.54, 1.807) is 0 Å². The van der Waals surface area contributed by atoms with Crippen LogP contribution in [-0.2, 0) is 19.6 Å². The maximum absolute atomic E-state index is 13.1. The van der Waals surface area contributed by atoms with Gasteiger partial charge in [-0.3, -0.25) is 4.79 Å². The van der Waals surface area contributed by atoms with Gasteiger partial charge in [-0.15, -0.1) is 0 Å². The highest BCUT2D eigenvalue weighted by Gasteiger charge is 2.60. The number of ether oxygens (including phenoxy) is 1. The summed E-state index contributed by atoms with van der Waals surface area (Å²) in [5, 5.41) is -5.64. The predicted molar refractivity (Wildman–Crippen MR) is 59.2 cm³/mol. The molecule has 0 saturated carbocycles. The molecule has 0 aromatic carbocycles. The van der Waals surface area contributed by atoms with Crippen LogP contribution in [0.2, 0.25) is 0 Å². The lowest BCUT2D eigenvalue weighted by Crippen LogP contribution is -2.48. The average molecular weight is 341 g/mol. The van der Waals surface area contributed by atoms with E-state index >= 15 is 0 Å². The van der Waals surface area contributed by atoms with Gasteiger partial charge in [-0.1, -0.05) is 6.92 Å². The van der Waals surface area contributed by atoms with E-state index in [-0.39, 0.29) is 6.42 Å². The highest BCUT2D eigenvalue weighted by atomic mass is 32.2. The summed E-state index contributed by atoms with van der Waals surface area (Å²) in [4.78, 5) is 11.4. The van der Waals surface area contributed by atoms with E-state index in [1.807, 2.05) is 0 Å². The van der Waals surface area contributed by atoms with Gasteiger partial charge in [0, 0.05) is 0 Å². The van der Waals surface area contributed by atoms with E-state index in [0.717, 1.165) is 0 Å². The Kier molecular flexibility index (Phi) is 5.75. The second-order valence-corrected chi connectivity index (χ2v) is 6.40. The van der Waals surface area contributed by atoms with Gasteiger partial charge >= 0.3 is 17.4 Å². The first kappa shape index (κ1) is 20.0. The minimum absolute atomic E-state index is 0.152. The molecule has 0 N–H and O–H groups in total. The van der Waals surface area contributed by atoms with Gasteiger partial charge in [0.2, 0.25) is 0 Å². The van der Waals surface area contributed by atoms with E-state index in [9.17, 15) is 39.7 Å². The highest BCUT2D eigenvalue weighted by molar-refractivity contribution is 7.86. The Morgan fingerprint density at radius 2 is 1.62 bits per heavy atom. The Labute approximate surface area is 118 Å². The Balaban J connectivity index is 5.31. The zero-order chi connectivity index (χ0) is 17.3. The first-order chi connectivity index (χ1) is 9.07. The van der Waals surface area contributed by atoms with Crippen LogP contribution in [0.3, 0.4) is 0 Å². The third-order valence-electron chi connectivity index (χ3n) is 2.95. The number of halogens is 5. The van der Waals surface area contributed by atoms with Crippen LogP contribution in [0.25, 0.3) is 0 Å². The zero-order valence-electron chi connectivity index (χ0n) is 11.3. The fourth-order valence-electron chi connectivity index (χ4n) is 1.05. The second kappa shape index (κ2) is 6.03. The number of carbonyl (C=O) groups is 1. The maximum atomic E-state index is 13.1. The molecule has 1 unspecified atom stereocenters. The molecule has 0 aromatic rings. The van der Waals surface area contributed by atoms with Gasteiger partial charge < -0.3 is 9.29 Å². The fraction of sp³-hybridized carbons (Fsp3) is 0.900. The normalized spacial score (nSPS) is 15.7. The molecule has 0 amide bonds. The maximum Gasteiger partial charge on any atom is 0.401 e. The van der Waals surface area contributed by atoms with Gasteiger partial charge in [-0.25, -0.2) is 8.42 Å². The molecule has 11 heteroatoms. The number of hydrogen-bond acceptors (Lipinski definition) is 5. The number of rotatable bonds is 6. The van der Waals surface area contributed by atoms with E-state index in [2.05, 4.69) is 4.74 Å². The summed E-state index contributed by atoms with van der Waals surface area (Å²) >= 11 is 0. The van der Waals surface area contributed by atoms with E-state index < -0.39 is 45.5 Å². The van der Waals surface area contributed by atoms with Gasteiger partial charge in [0.05, 0.1) is 5.41 Å². The molecule has 0 spiro atoms. The van der Waals surface area contributed by atoms with Crippen LogP contribution in [0.5, 0.6) is 0 Å². The number of esters is 1. The highest BCUT2D eigenvalue weighted by Crippen LogP contribution is 2.41. The van der Waals surface area contributed by atoms with Crippen LogP contribution in [0, 0.1) is 11.3 Å². The summed E-state index contributed by atoms with van der Waals surface area (Å²) in [6, 6.07) is 0. The Hall–Kier alpha value is -0.970. The molecule has 0 aliphatic heterocycles. The molecule has 0 bridgehead atoms. The van der Waals surface area contributed by atoms with Crippen molar-refractivity contribution in [2.45, 2.75) is 38.6 Å². The van der Waals surface area contributed by atoms with Gasteiger partial charge in [0.15, 0.2) is 16.0 Å². The minimum Gasteiger partial charge on any atom is -0.743 e. The van der Waals surface area contributed by atoms with Gasteiger partial charge in [-0.05, 0) is 20.3 Å². The lowest BCUT2D eigenvalue weighted by molar-refractivity contribution is -0.232. The summed E-state index contributed by atoms with van der Waals surface area (Å²) in [5.41, 5.74) is -1.23. The molecule has 0 aliphatic carbocycles. The second-order valence-electron chi connectivity index (χ2n) is 4.95. The van der Waals surface area contributed by atoms with E-state index in [0.29, 0.717) is 0 Å². The molecule has 0 aromatic heterocycles. The topological polar surface area (TPSA) is 83.5 Å². The van der Waals surface area contributed by atoms with Crippen molar-refractivity contribution < 1.29 is 44.5 Å². The van der Waals surface area contributed by atoms with Crippen LogP contribution in [-0.4, -0.2) is 37.0 Å². The summed E-state index contributed by atoms with van der Waals surface area (Å²) in [5.74, 6) is -5.14. The molecule has 0 aliphatic rings. The van der Waals surface area contributed by atoms with Crippen LogP contribution >= 0.6 is 0 Å². The van der Waals surface area contributed by atoms with E-state index in [1.165, 1.54) is 20.8 Å². The standard InChI is InChI=1S/C10H15F5O5S/c1-4-8(2,3)7(16)20-5-6(9(11,12)13)10(14,15)21(17,18)19/h6H,4-5H2,1-3H3,(H,17,18,19)/p-1. The lowest BCUT2D eigenvalue weighted by atomic mass is 9.91. The number of alkyl halides is 5. The Morgan fingerprint density at radius 3 is 1.90 bits per heavy atom. The monoisotopic (exact) mass is 341 g/mol. The molecule has 0 rings (SSSR count). The van der Waals surface area contributed by atoms with Crippen molar-refractivity contribution in [3.8, 4) is 0 Å². The lowest BCUT2D eigenvalue weighted by Gasteiger charge is -2.31. The molecule has 5 nitrogen and oxygen atoms in total.